The molecule has 2 N–H and O–H groups in total. The summed E-state index contributed by atoms with van der Waals surface area (Å²) < 4.78 is 17.0. The highest BCUT2D eigenvalue weighted by atomic mass is 35.5. The molecule has 1 aromatic heterocycles. The number of halogens is 2. The van der Waals surface area contributed by atoms with Crippen LogP contribution in [0.3, 0.4) is 0 Å². The van der Waals surface area contributed by atoms with E-state index in [9.17, 15) is 4.79 Å². The highest BCUT2D eigenvalue weighted by molar-refractivity contribution is 6.32. The summed E-state index contributed by atoms with van der Waals surface area (Å²) in [6, 6.07) is 11.0. The van der Waals surface area contributed by atoms with Gasteiger partial charge in [0.25, 0.3) is 5.89 Å². The molecule has 0 radical (unpaired) electrons. The Labute approximate surface area is 202 Å². The Morgan fingerprint density at radius 2 is 2.06 bits per heavy atom. The van der Waals surface area contributed by atoms with Crippen LogP contribution in [0.25, 0.3) is 22.8 Å². The number of ether oxygens (including phenoxy) is 2. The molecular weight excluding hydrogens is 469 g/mol. The molecule has 0 saturated carbocycles. The van der Waals surface area contributed by atoms with Crippen molar-refractivity contribution in [1.82, 2.24) is 15.5 Å². The number of hydrogen-bond acceptors (Lipinski definition) is 7. The number of rotatable bonds is 7. The molecule has 1 unspecified atom stereocenters. The molecule has 0 aliphatic carbocycles. The monoisotopic (exact) mass is 493 g/mol. The zero-order chi connectivity index (χ0) is 22.7. The number of nitrogens with zero attached hydrogens (tertiary/aromatic N) is 2. The quantitative estimate of drug-likeness (QED) is 0.474. The first-order chi connectivity index (χ1) is 15.4. The second kappa shape index (κ2) is 10.9. The highest BCUT2D eigenvalue weighted by Gasteiger charge is 2.19. The minimum absolute atomic E-state index is 0. The van der Waals surface area contributed by atoms with E-state index in [2.05, 4.69) is 15.5 Å². The molecule has 3 aromatic rings. The van der Waals surface area contributed by atoms with Crippen LogP contribution in [0.1, 0.15) is 32.3 Å². The summed E-state index contributed by atoms with van der Waals surface area (Å²) in [5.74, 6) is 1.36. The van der Waals surface area contributed by atoms with Gasteiger partial charge in [-0.1, -0.05) is 16.8 Å². The average Bonchev–Trinajstić information content (AvgIpc) is 3.16. The molecule has 33 heavy (non-hydrogen) atoms. The Morgan fingerprint density at radius 3 is 2.79 bits per heavy atom. The maximum Gasteiger partial charge on any atom is 0.303 e. The Hall–Kier alpha value is -2.81. The van der Waals surface area contributed by atoms with Gasteiger partial charge in [-0.2, -0.15) is 4.98 Å². The summed E-state index contributed by atoms with van der Waals surface area (Å²) >= 11 is 6.33. The van der Waals surface area contributed by atoms with Crippen molar-refractivity contribution in [3.05, 3.63) is 47.0 Å². The van der Waals surface area contributed by atoms with Crippen molar-refractivity contribution in [2.24, 2.45) is 0 Å². The SMILES string of the molecule is CC(C)Oc1ccc(-c2nc(-c3ccc4c(c3)CNC(CCC(=O)O)CO4)no2)cc1Cl.Cl. The highest BCUT2D eigenvalue weighted by Crippen LogP contribution is 2.32. The van der Waals surface area contributed by atoms with E-state index in [4.69, 9.17) is 30.7 Å². The van der Waals surface area contributed by atoms with Gasteiger partial charge in [-0.25, -0.2) is 0 Å². The molecular formula is C23H25Cl2N3O5. The second-order valence-corrected chi connectivity index (χ2v) is 8.29. The van der Waals surface area contributed by atoms with Crippen molar-refractivity contribution in [3.63, 3.8) is 0 Å². The average molecular weight is 494 g/mol. The van der Waals surface area contributed by atoms with Crippen molar-refractivity contribution in [3.8, 4) is 34.3 Å². The lowest BCUT2D eigenvalue weighted by Gasteiger charge is -2.13. The second-order valence-electron chi connectivity index (χ2n) is 7.88. The maximum atomic E-state index is 10.8. The third-order valence-corrected chi connectivity index (χ3v) is 5.31. The fourth-order valence-electron chi connectivity index (χ4n) is 3.43. The smallest absolute Gasteiger partial charge is 0.303 e. The summed E-state index contributed by atoms with van der Waals surface area (Å²) in [5.41, 5.74) is 2.44. The van der Waals surface area contributed by atoms with Crippen LogP contribution in [0.15, 0.2) is 40.9 Å². The minimum Gasteiger partial charge on any atom is -0.492 e. The Balaban J connectivity index is 0.00000306. The topological polar surface area (TPSA) is 107 Å². The van der Waals surface area contributed by atoms with E-state index < -0.39 is 5.97 Å². The number of hydrogen-bond donors (Lipinski definition) is 2. The molecule has 1 aliphatic rings. The first-order valence-electron chi connectivity index (χ1n) is 10.4. The molecule has 0 saturated heterocycles. The van der Waals surface area contributed by atoms with Gasteiger partial charge in [-0.3, -0.25) is 4.79 Å². The Bertz CT molecular complexity index is 1120. The lowest BCUT2D eigenvalue weighted by molar-refractivity contribution is -0.137. The molecule has 176 valence electrons. The van der Waals surface area contributed by atoms with Gasteiger partial charge in [0.2, 0.25) is 5.82 Å². The standard InChI is InChI=1S/C23H24ClN3O5.ClH/c1-13(2)31-20-7-4-15(10-18(20)24)23-26-22(27-32-23)14-3-6-19-16(9-14)11-25-17(12-30-19)5-8-21(28)29;/h3-4,6-7,9-10,13,17,25H,5,8,11-12H2,1-2H3,(H,28,29);1H. The van der Waals surface area contributed by atoms with E-state index in [1.165, 1.54) is 0 Å². The number of carboxylic acids is 1. The third kappa shape index (κ3) is 6.16. The summed E-state index contributed by atoms with van der Waals surface area (Å²) in [4.78, 5) is 15.3. The number of benzene rings is 2. The molecule has 4 rings (SSSR count). The van der Waals surface area contributed by atoms with Gasteiger partial charge >= 0.3 is 5.97 Å². The van der Waals surface area contributed by atoms with E-state index >= 15 is 0 Å². The minimum atomic E-state index is -0.813. The predicted molar refractivity (Wildman–Crippen MR) is 126 cm³/mol. The maximum absolute atomic E-state index is 10.8. The molecule has 0 spiro atoms. The van der Waals surface area contributed by atoms with E-state index in [0.29, 0.717) is 47.6 Å². The van der Waals surface area contributed by atoms with E-state index in [0.717, 1.165) is 16.9 Å². The molecule has 0 bridgehead atoms. The number of aliphatic carboxylic acids is 1. The van der Waals surface area contributed by atoms with Gasteiger partial charge < -0.3 is 24.4 Å². The first-order valence-corrected chi connectivity index (χ1v) is 10.8. The lowest BCUT2D eigenvalue weighted by atomic mass is 10.1. The van der Waals surface area contributed by atoms with Gasteiger partial charge in [0.15, 0.2) is 0 Å². The van der Waals surface area contributed by atoms with Crippen LogP contribution in [0.4, 0.5) is 0 Å². The van der Waals surface area contributed by atoms with Gasteiger partial charge in [-0.15, -0.1) is 12.4 Å². The number of carboxylic acid groups (broad SMARTS) is 1. The van der Waals surface area contributed by atoms with Gasteiger partial charge in [0.05, 0.1) is 11.1 Å². The van der Waals surface area contributed by atoms with Crippen LogP contribution < -0.4 is 14.8 Å². The van der Waals surface area contributed by atoms with Crippen LogP contribution in [-0.4, -0.2) is 40.0 Å². The summed E-state index contributed by atoms with van der Waals surface area (Å²) in [6.07, 6.45) is 0.629. The zero-order valence-electron chi connectivity index (χ0n) is 18.2. The molecule has 1 atom stereocenters. The fraction of sp³-hybridized carbons (Fsp3) is 0.348. The molecule has 2 heterocycles. The van der Waals surface area contributed by atoms with E-state index in [-0.39, 0.29) is 31.0 Å². The fourth-order valence-corrected chi connectivity index (χ4v) is 3.65. The van der Waals surface area contributed by atoms with Gasteiger partial charge in [0, 0.05) is 35.7 Å². The third-order valence-electron chi connectivity index (χ3n) is 5.01. The molecule has 2 aromatic carbocycles. The Kier molecular flexibility index (Phi) is 8.18. The zero-order valence-corrected chi connectivity index (χ0v) is 19.8. The van der Waals surface area contributed by atoms with Crippen LogP contribution in [0.5, 0.6) is 11.5 Å². The normalized spacial score (nSPS) is 15.2. The van der Waals surface area contributed by atoms with E-state index in [1.54, 1.807) is 12.1 Å². The van der Waals surface area contributed by atoms with Gasteiger partial charge in [-0.05, 0) is 56.7 Å². The van der Waals surface area contributed by atoms with Gasteiger partial charge in [0.1, 0.15) is 18.1 Å². The Morgan fingerprint density at radius 1 is 1.27 bits per heavy atom. The summed E-state index contributed by atoms with van der Waals surface area (Å²) in [5, 5.41) is 16.8. The van der Waals surface area contributed by atoms with Crippen molar-refractivity contribution < 1.29 is 23.9 Å². The molecule has 1 aliphatic heterocycles. The van der Waals surface area contributed by atoms with Crippen LogP contribution >= 0.6 is 24.0 Å². The number of carbonyl (C=O) groups is 1. The van der Waals surface area contributed by atoms with Crippen LogP contribution in [0, 0.1) is 0 Å². The van der Waals surface area contributed by atoms with Crippen molar-refractivity contribution in [2.75, 3.05) is 6.61 Å². The molecule has 0 amide bonds. The largest absolute Gasteiger partial charge is 0.492 e. The molecule has 0 fully saturated rings. The molecule has 8 nitrogen and oxygen atoms in total. The van der Waals surface area contributed by atoms with Crippen molar-refractivity contribution in [1.29, 1.82) is 0 Å². The van der Waals surface area contributed by atoms with Crippen LogP contribution in [-0.2, 0) is 11.3 Å². The first kappa shape index (κ1) is 24.8. The number of fused-ring (bicyclic) bond motifs is 1. The summed E-state index contributed by atoms with van der Waals surface area (Å²) in [6.45, 7) is 4.85. The van der Waals surface area contributed by atoms with E-state index in [1.807, 2.05) is 38.1 Å². The molecule has 10 heteroatoms. The van der Waals surface area contributed by atoms with Crippen molar-refractivity contribution in [2.45, 2.75) is 45.4 Å². The number of nitrogens with one attached hydrogen (secondary N) is 1. The van der Waals surface area contributed by atoms with Crippen molar-refractivity contribution >= 4 is 30.0 Å². The number of aromatic nitrogens is 2. The summed E-state index contributed by atoms with van der Waals surface area (Å²) in [7, 11) is 0. The van der Waals surface area contributed by atoms with Crippen LogP contribution in [0.2, 0.25) is 5.02 Å². The lowest BCUT2D eigenvalue weighted by Crippen LogP contribution is -2.32. The predicted octanol–water partition coefficient (Wildman–Crippen LogP) is 4.98.